The molecule has 0 bridgehead atoms. The van der Waals surface area contributed by atoms with Crippen LogP contribution in [0.4, 0.5) is 5.69 Å². The van der Waals surface area contributed by atoms with E-state index in [1.165, 1.54) is 5.52 Å². The normalized spacial score (nSPS) is 11.7. The van der Waals surface area contributed by atoms with Crippen molar-refractivity contribution < 1.29 is 4.79 Å². The Labute approximate surface area is 174 Å². The van der Waals surface area contributed by atoms with Crippen LogP contribution in [0.25, 0.3) is 10.9 Å². The number of hydrogen-bond donors (Lipinski definition) is 2. The maximum Gasteiger partial charge on any atom is 0.277 e. The number of nitrogens with zero attached hydrogens (tertiary/aromatic N) is 3. The average Bonchev–Trinajstić information content (AvgIpc) is 3.25. The Balaban J connectivity index is 1.74. The second-order valence-corrected chi connectivity index (χ2v) is 8.01. The third-order valence-electron chi connectivity index (χ3n) is 5.11. The molecule has 3 aromatic rings. The van der Waals surface area contributed by atoms with Gasteiger partial charge in [-0.05, 0) is 59.2 Å². The van der Waals surface area contributed by atoms with Crippen LogP contribution in [-0.4, -0.2) is 45.2 Å². The van der Waals surface area contributed by atoms with Crippen LogP contribution in [0, 0.1) is 0 Å². The number of aromatic nitrogens is 3. The van der Waals surface area contributed by atoms with Gasteiger partial charge in [0, 0.05) is 35.9 Å². The van der Waals surface area contributed by atoms with Gasteiger partial charge in [0.2, 0.25) is 0 Å². The molecule has 1 aromatic carbocycles. The first-order valence-corrected chi connectivity index (χ1v) is 10.6. The van der Waals surface area contributed by atoms with E-state index in [0.29, 0.717) is 5.69 Å². The van der Waals surface area contributed by atoms with Gasteiger partial charge in [-0.15, -0.1) is 0 Å². The van der Waals surface area contributed by atoms with Crippen molar-refractivity contribution in [1.29, 1.82) is 0 Å². The fourth-order valence-electron chi connectivity index (χ4n) is 3.33. The topological polar surface area (TPSA) is 65.9 Å². The molecule has 7 heteroatoms. The fraction of sp³-hybridized carbons (Fsp3) is 0.429. The molecule has 2 heterocycles. The van der Waals surface area contributed by atoms with E-state index in [4.69, 9.17) is 0 Å². The van der Waals surface area contributed by atoms with Gasteiger partial charge < -0.3 is 14.8 Å². The van der Waals surface area contributed by atoms with Gasteiger partial charge in [-0.3, -0.25) is 9.89 Å². The molecule has 1 amide bonds. The molecule has 0 radical (unpaired) electrons. The summed E-state index contributed by atoms with van der Waals surface area (Å²) in [6, 6.07) is 8.10. The average molecular weight is 446 g/mol. The number of amides is 1. The van der Waals surface area contributed by atoms with Crippen LogP contribution in [0.2, 0.25) is 0 Å². The predicted molar refractivity (Wildman–Crippen MR) is 118 cm³/mol. The van der Waals surface area contributed by atoms with Gasteiger partial charge in [0.15, 0.2) is 5.69 Å². The van der Waals surface area contributed by atoms with Gasteiger partial charge in [0.25, 0.3) is 5.91 Å². The van der Waals surface area contributed by atoms with E-state index in [-0.39, 0.29) is 11.8 Å². The smallest absolute Gasteiger partial charge is 0.277 e. The number of carbonyl (C=O) groups is 1. The first-order chi connectivity index (χ1) is 13.4. The van der Waals surface area contributed by atoms with Crippen LogP contribution >= 0.6 is 15.9 Å². The van der Waals surface area contributed by atoms with E-state index in [1.54, 1.807) is 0 Å². The third kappa shape index (κ3) is 4.31. The molecule has 2 N–H and O–H groups in total. The van der Waals surface area contributed by atoms with E-state index in [2.05, 4.69) is 86.9 Å². The molecular formula is C21H28BrN5O. The number of carbonyl (C=O) groups excluding carboxylic acids is 1. The summed E-state index contributed by atoms with van der Waals surface area (Å²) in [5.41, 5.74) is 3.24. The van der Waals surface area contributed by atoms with E-state index in [1.807, 2.05) is 12.1 Å². The molecule has 3 rings (SSSR count). The van der Waals surface area contributed by atoms with Crippen LogP contribution < -0.4 is 5.32 Å². The van der Waals surface area contributed by atoms with Crippen LogP contribution in [0.5, 0.6) is 0 Å². The van der Waals surface area contributed by atoms with Crippen molar-refractivity contribution in [3.8, 4) is 0 Å². The molecule has 0 aliphatic heterocycles. The minimum atomic E-state index is -0.227. The molecule has 0 aliphatic carbocycles. The number of anilines is 1. The lowest BCUT2D eigenvalue weighted by Crippen LogP contribution is -2.26. The van der Waals surface area contributed by atoms with Crippen LogP contribution in [0.15, 0.2) is 34.9 Å². The van der Waals surface area contributed by atoms with Crippen molar-refractivity contribution in [3.63, 3.8) is 0 Å². The van der Waals surface area contributed by atoms with Crippen molar-refractivity contribution in [1.82, 2.24) is 19.7 Å². The Bertz CT molecular complexity index is 955. The van der Waals surface area contributed by atoms with E-state index in [0.717, 1.165) is 47.4 Å². The summed E-state index contributed by atoms with van der Waals surface area (Å²) >= 11 is 3.49. The number of benzene rings is 1. The number of hydrogen-bond acceptors (Lipinski definition) is 3. The van der Waals surface area contributed by atoms with Crippen LogP contribution in [0.1, 0.15) is 49.8 Å². The lowest BCUT2D eigenvalue weighted by atomic mass is 10.1. The molecule has 0 saturated carbocycles. The zero-order chi connectivity index (χ0) is 20.3. The third-order valence-corrected chi connectivity index (χ3v) is 5.91. The van der Waals surface area contributed by atoms with Gasteiger partial charge in [0.1, 0.15) is 0 Å². The number of halogens is 1. The molecule has 0 aliphatic rings. The molecule has 0 saturated heterocycles. The van der Waals surface area contributed by atoms with Gasteiger partial charge in [-0.1, -0.05) is 27.7 Å². The molecule has 28 heavy (non-hydrogen) atoms. The first kappa shape index (κ1) is 20.6. The van der Waals surface area contributed by atoms with Gasteiger partial charge in [-0.25, -0.2) is 0 Å². The fourth-order valence-corrected chi connectivity index (χ4v) is 4.14. The Morgan fingerprint density at radius 1 is 1.29 bits per heavy atom. The number of aromatic amines is 1. The standard InChI is InChI=1S/C21H28BrN5O/c1-5-26(6-2)11-12-27-10-9-15-13-16(7-8-17(15)27)23-21(28)20-18(22)19(14(3)4)24-25-20/h7-10,13-14H,5-6,11-12H2,1-4H3,(H,23,28)(H,24,25). The molecule has 0 atom stereocenters. The van der Waals surface area contributed by atoms with Crippen molar-refractivity contribution in [3.05, 3.63) is 46.3 Å². The second kappa shape index (κ2) is 8.92. The summed E-state index contributed by atoms with van der Waals surface area (Å²) < 4.78 is 2.99. The summed E-state index contributed by atoms with van der Waals surface area (Å²) in [6.07, 6.45) is 2.11. The van der Waals surface area contributed by atoms with Gasteiger partial charge >= 0.3 is 0 Å². The number of likely N-dealkylation sites (N-methyl/N-ethyl adjacent to an activating group) is 1. The number of H-pyrrole nitrogens is 1. The first-order valence-electron chi connectivity index (χ1n) is 9.80. The molecule has 2 aromatic heterocycles. The van der Waals surface area contributed by atoms with Crippen molar-refractivity contribution in [2.24, 2.45) is 0 Å². The lowest BCUT2D eigenvalue weighted by Gasteiger charge is -2.18. The quantitative estimate of drug-likeness (QED) is 0.520. The Morgan fingerprint density at radius 3 is 2.68 bits per heavy atom. The summed E-state index contributed by atoms with van der Waals surface area (Å²) in [5, 5.41) is 11.2. The highest BCUT2D eigenvalue weighted by Gasteiger charge is 2.19. The van der Waals surface area contributed by atoms with Crippen molar-refractivity contribution in [2.75, 3.05) is 25.0 Å². The molecule has 150 valence electrons. The number of nitrogens with one attached hydrogen (secondary N) is 2. The zero-order valence-corrected chi connectivity index (χ0v) is 18.5. The van der Waals surface area contributed by atoms with Crippen molar-refractivity contribution >= 4 is 38.4 Å². The maximum atomic E-state index is 12.6. The van der Waals surface area contributed by atoms with Gasteiger partial charge in [0.05, 0.1) is 10.2 Å². The monoisotopic (exact) mass is 445 g/mol. The SMILES string of the molecule is CCN(CC)CCn1ccc2cc(NC(=O)c3n[nH]c(C(C)C)c3Br)ccc21. The van der Waals surface area contributed by atoms with Crippen LogP contribution in [-0.2, 0) is 6.54 Å². The van der Waals surface area contributed by atoms with E-state index >= 15 is 0 Å². The minimum absolute atomic E-state index is 0.227. The van der Waals surface area contributed by atoms with E-state index < -0.39 is 0 Å². The Hall–Kier alpha value is -2.12. The largest absolute Gasteiger partial charge is 0.346 e. The van der Waals surface area contributed by atoms with Crippen LogP contribution in [0.3, 0.4) is 0 Å². The van der Waals surface area contributed by atoms with Crippen molar-refractivity contribution in [2.45, 2.75) is 40.2 Å². The molecular weight excluding hydrogens is 418 g/mol. The maximum absolute atomic E-state index is 12.6. The Morgan fingerprint density at radius 2 is 2.04 bits per heavy atom. The zero-order valence-electron chi connectivity index (χ0n) is 16.9. The predicted octanol–water partition coefficient (Wildman–Crippen LogP) is 4.84. The minimum Gasteiger partial charge on any atom is -0.346 e. The molecule has 0 spiro atoms. The summed E-state index contributed by atoms with van der Waals surface area (Å²) in [7, 11) is 0. The van der Waals surface area contributed by atoms with Gasteiger partial charge in [-0.2, -0.15) is 5.10 Å². The summed E-state index contributed by atoms with van der Waals surface area (Å²) in [4.78, 5) is 15.0. The highest BCUT2D eigenvalue weighted by atomic mass is 79.9. The number of fused-ring (bicyclic) bond motifs is 1. The summed E-state index contributed by atoms with van der Waals surface area (Å²) in [6.45, 7) is 12.6. The molecule has 0 unspecified atom stereocenters. The second-order valence-electron chi connectivity index (χ2n) is 7.22. The Kier molecular flexibility index (Phi) is 6.57. The molecule has 6 nitrogen and oxygen atoms in total. The summed E-state index contributed by atoms with van der Waals surface area (Å²) in [5.74, 6) is 0.0335. The lowest BCUT2D eigenvalue weighted by molar-refractivity contribution is 0.102. The molecule has 0 fully saturated rings. The van der Waals surface area contributed by atoms with E-state index in [9.17, 15) is 4.79 Å². The highest BCUT2D eigenvalue weighted by molar-refractivity contribution is 9.10. The highest BCUT2D eigenvalue weighted by Crippen LogP contribution is 2.27. The number of rotatable bonds is 8.